The van der Waals surface area contributed by atoms with Gasteiger partial charge in [0.25, 0.3) is 5.91 Å². The van der Waals surface area contributed by atoms with Crippen molar-refractivity contribution in [2.24, 2.45) is 0 Å². The number of hydrogen-bond acceptors (Lipinski definition) is 5. The second-order valence-electron chi connectivity index (χ2n) is 6.33. The molecule has 0 saturated heterocycles. The van der Waals surface area contributed by atoms with Crippen LogP contribution >= 0.6 is 0 Å². The highest BCUT2D eigenvalue weighted by molar-refractivity contribution is 5.77. The number of carbonyl (C=O) groups is 1. The second kappa shape index (κ2) is 9.50. The molecular weight excluding hydrogens is 354 g/mol. The highest BCUT2D eigenvalue weighted by atomic mass is 16.5. The third kappa shape index (κ3) is 5.30. The van der Waals surface area contributed by atoms with Crippen LogP contribution in [0.25, 0.3) is 11.3 Å². The summed E-state index contributed by atoms with van der Waals surface area (Å²) >= 11 is 0. The van der Waals surface area contributed by atoms with E-state index in [2.05, 4.69) is 15.5 Å². The summed E-state index contributed by atoms with van der Waals surface area (Å²) < 4.78 is 11.1. The second-order valence-corrected chi connectivity index (χ2v) is 6.33. The third-order valence-electron chi connectivity index (χ3n) is 4.14. The van der Waals surface area contributed by atoms with E-state index in [0.29, 0.717) is 19.0 Å². The molecule has 1 amide bonds. The molecule has 0 bridgehead atoms. The van der Waals surface area contributed by atoms with Gasteiger partial charge in [-0.2, -0.15) is 0 Å². The van der Waals surface area contributed by atoms with E-state index in [1.807, 2.05) is 68.4 Å². The van der Waals surface area contributed by atoms with Gasteiger partial charge in [0.05, 0.1) is 12.2 Å². The molecule has 0 aliphatic heterocycles. The van der Waals surface area contributed by atoms with Gasteiger partial charge in [-0.25, -0.2) is 0 Å². The highest BCUT2D eigenvalue weighted by Crippen LogP contribution is 2.22. The van der Waals surface area contributed by atoms with Gasteiger partial charge in [0.1, 0.15) is 12.4 Å². The maximum atomic E-state index is 11.9. The van der Waals surface area contributed by atoms with Gasteiger partial charge >= 0.3 is 0 Å². The Morgan fingerprint density at radius 3 is 2.32 bits per heavy atom. The van der Waals surface area contributed by atoms with Crippen LogP contribution in [-0.4, -0.2) is 35.9 Å². The summed E-state index contributed by atoms with van der Waals surface area (Å²) in [7, 11) is 0. The van der Waals surface area contributed by atoms with Crippen molar-refractivity contribution in [2.45, 2.75) is 13.8 Å². The molecule has 2 aromatic carbocycles. The summed E-state index contributed by atoms with van der Waals surface area (Å²) in [5.74, 6) is 0.972. The van der Waals surface area contributed by atoms with Gasteiger partial charge in [0, 0.05) is 11.6 Å². The van der Waals surface area contributed by atoms with Crippen LogP contribution in [0.4, 0.5) is 0 Å². The molecule has 1 N–H and O–H groups in total. The number of benzene rings is 2. The summed E-state index contributed by atoms with van der Waals surface area (Å²) in [6.07, 6.45) is 0. The Labute approximate surface area is 164 Å². The van der Waals surface area contributed by atoms with Gasteiger partial charge < -0.3 is 14.8 Å². The molecule has 3 aromatic rings. The summed E-state index contributed by atoms with van der Waals surface area (Å²) in [4.78, 5) is 11.9. The zero-order valence-corrected chi connectivity index (χ0v) is 16.0. The van der Waals surface area contributed by atoms with E-state index in [1.54, 1.807) is 6.07 Å². The zero-order chi connectivity index (χ0) is 19.8. The van der Waals surface area contributed by atoms with Gasteiger partial charge in [0.15, 0.2) is 6.61 Å². The molecule has 0 unspecified atom stereocenters. The van der Waals surface area contributed by atoms with Crippen molar-refractivity contribution in [3.8, 4) is 22.9 Å². The quantitative estimate of drug-likeness (QED) is 0.610. The molecule has 28 heavy (non-hydrogen) atoms. The zero-order valence-electron chi connectivity index (χ0n) is 16.0. The van der Waals surface area contributed by atoms with Crippen LogP contribution in [-0.2, 0) is 4.79 Å². The Hall–Kier alpha value is -3.41. The maximum absolute atomic E-state index is 11.9. The number of aryl methyl sites for hydroxylation is 2. The number of amides is 1. The normalized spacial score (nSPS) is 10.4. The van der Waals surface area contributed by atoms with E-state index in [-0.39, 0.29) is 12.5 Å². The number of hydrogen-bond donors (Lipinski definition) is 1. The number of rotatable bonds is 8. The van der Waals surface area contributed by atoms with Gasteiger partial charge in [0.2, 0.25) is 5.88 Å². The van der Waals surface area contributed by atoms with Crippen LogP contribution in [0.2, 0.25) is 0 Å². The number of nitrogens with one attached hydrogen (secondary N) is 1. The molecule has 0 aliphatic rings. The van der Waals surface area contributed by atoms with E-state index in [9.17, 15) is 4.79 Å². The fraction of sp³-hybridized carbons (Fsp3) is 0.227. The lowest BCUT2D eigenvalue weighted by atomic mass is 10.1. The van der Waals surface area contributed by atoms with Crippen molar-refractivity contribution < 1.29 is 14.3 Å². The molecule has 1 heterocycles. The smallest absolute Gasteiger partial charge is 0.258 e. The molecule has 3 rings (SSSR count). The Morgan fingerprint density at radius 2 is 1.64 bits per heavy atom. The average Bonchev–Trinajstić information content (AvgIpc) is 2.72. The topological polar surface area (TPSA) is 73.3 Å². The first-order valence-corrected chi connectivity index (χ1v) is 9.11. The molecule has 6 heteroatoms. The molecule has 0 aliphatic carbocycles. The molecular formula is C22H23N3O3. The Balaban J connectivity index is 1.39. The van der Waals surface area contributed by atoms with E-state index in [0.717, 1.165) is 28.1 Å². The van der Waals surface area contributed by atoms with E-state index in [1.165, 1.54) is 0 Å². The van der Waals surface area contributed by atoms with Crippen LogP contribution < -0.4 is 14.8 Å². The summed E-state index contributed by atoms with van der Waals surface area (Å²) in [6.45, 7) is 4.54. The molecule has 1 aromatic heterocycles. The van der Waals surface area contributed by atoms with Crippen LogP contribution in [0.15, 0.2) is 60.7 Å². The Bertz CT molecular complexity index is 892. The number of carbonyl (C=O) groups excluding carboxylic acids is 1. The molecule has 0 fully saturated rings. The van der Waals surface area contributed by atoms with Crippen molar-refractivity contribution in [3.05, 3.63) is 71.8 Å². The first kappa shape index (κ1) is 19.4. The minimum atomic E-state index is -0.197. The minimum absolute atomic E-state index is 0.0305. The molecule has 6 nitrogen and oxygen atoms in total. The predicted octanol–water partition coefficient (Wildman–Crippen LogP) is 3.33. The summed E-state index contributed by atoms with van der Waals surface area (Å²) in [6, 6.07) is 19.3. The minimum Gasteiger partial charge on any atom is -0.483 e. The van der Waals surface area contributed by atoms with Crippen LogP contribution in [0.3, 0.4) is 0 Å². The van der Waals surface area contributed by atoms with Crippen LogP contribution in [0.5, 0.6) is 11.6 Å². The number of ether oxygens (including phenoxy) is 2. The fourth-order valence-corrected chi connectivity index (χ4v) is 2.72. The molecule has 0 saturated carbocycles. The highest BCUT2D eigenvalue weighted by Gasteiger charge is 2.07. The van der Waals surface area contributed by atoms with Crippen molar-refractivity contribution in [1.82, 2.24) is 15.5 Å². The molecule has 144 valence electrons. The first-order valence-electron chi connectivity index (χ1n) is 9.11. The summed E-state index contributed by atoms with van der Waals surface area (Å²) in [5, 5.41) is 11.0. The van der Waals surface area contributed by atoms with Crippen LogP contribution in [0, 0.1) is 13.8 Å². The van der Waals surface area contributed by atoms with Gasteiger partial charge in [-0.15, -0.1) is 10.2 Å². The van der Waals surface area contributed by atoms with E-state index in [4.69, 9.17) is 9.47 Å². The van der Waals surface area contributed by atoms with Gasteiger partial charge in [-0.3, -0.25) is 4.79 Å². The Kier molecular flexibility index (Phi) is 6.57. The predicted molar refractivity (Wildman–Crippen MR) is 107 cm³/mol. The number of aromatic nitrogens is 2. The first-order chi connectivity index (χ1) is 13.6. The monoisotopic (exact) mass is 377 g/mol. The summed E-state index contributed by atoms with van der Waals surface area (Å²) in [5.41, 5.74) is 3.80. The van der Waals surface area contributed by atoms with Crippen molar-refractivity contribution >= 4 is 5.91 Å². The lowest BCUT2D eigenvalue weighted by Gasteiger charge is -2.12. The van der Waals surface area contributed by atoms with Gasteiger partial charge in [-0.1, -0.05) is 48.5 Å². The third-order valence-corrected chi connectivity index (χ3v) is 4.14. The largest absolute Gasteiger partial charge is 0.483 e. The van der Waals surface area contributed by atoms with Gasteiger partial charge in [-0.05, 0) is 31.0 Å². The lowest BCUT2D eigenvalue weighted by Crippen LogP contribution is -2.32. The fourth-order valence-electron chi connectivity index (χ4n) is 2.72. The van der Waals surface area contributed by atoms with Crippen LogP contribution in [0.1, 0.15) is 11.1 Å². The molecule has 0 spiro atoms. The average molecular weight is 377 g/mol. The van der Waals surface area contributed by atoms with Crippen molar-refractivity contribution in [3.63, 3.8) is 0 Å². The lowest BCUT2D eigenvalue weighted by molar-refractivity contribution is -0.123. The molecule has 0 atom stereocenters. The Morgan fingerprint density at radius 1 is 0.893 bits per heavy atom. The van der Waals surface area contributed by atoms with Crippen molar-refractivity contribution in [2.75, 3.05) is 19.8 Å². The maximum Gasteiger partial charge on any atom is 0.258 e. The standard InChI is InChI=1S/C22H23N3O3/c1-16-7-6-8-17(2)22(16)28-15-20(26)23-13-14-27-21-12-11-19(24-25-21)18-9-4-3-5-10-18/h3-12H,13-15H2,1-2H3,(H,23,26). The number of nitrogens with zero attached hydrogens (tertiary/aromatic N) is 2. The SMILES string of the molecule is Cc1cccc(C)c1OCC(=O)NCCOc1ccc(-c2ccccc2)nn1. The van der Waals surface area contributed by atoms with E-state index < -0.39 is 0 Å². The van der Waals surface area contributed by atoms with E-state index >= 15 is 0 Å². The number of para-hydroxylation sites is 1. The van der Waals surface area contributed by atoms with Crippen molar-refractivity contribution in [1.29, 1.82) is 0 Å². The molecule has 0 radical (unpaired) electrons.